The number of nitrogens with one attached hydrogen (secondary N) is 3. The van der Waals surface area contributed by atoms with E-state index in [0.717, 1.165) is 0 Å². The maximum Gasteiger partial charge on any atom is 0.237 e. The number of hydrogen-bond donors (Lipinski definition) is 3. The standard InChI is InChI=1S/C17H25N3O2/c1-17(2,3)20-15(21)8-9-18-16(22)14-10-12-6-4-5-7-13(12)11-19-14/h4-7,14,19H,8-11H2,1-3H3,(H,18,22)(H,20,21). The normalized spacial score (nSPS) is 17.5. The van der Waals surface area contributed by atoms with E-state index >= 15 is 0 Å². The topological polar surface area (TPSA) is 70.2 Å². The van der Waals surface area contributed by atoms with Gasteiger partial charge in [0.05, 0.1) is 6.04 Å². The van der Waals surface area contributed by atoms with Gasteiger partial charge in [-0.1, -0.05) is 24.3 Å². The van der Waals surface area contributed by atoms with Crippen LogP contribution in [0.5, 0.6) is 0 Å². The van der Waals surface area contributed by atoms with E-state index < -0.39 is 0 Å². The smallest absolute Gasteiger partial charge is 0.237 e. The zero-order valence-electron chi connectivity index (χ0n) is 13.5. The molecule has 1 unspecified atom stereocenters. The van der Waals surface area contributed by atoms with Crippen molar-refractivity contribution in [3.63, 3.8) is 0 Å². The van der Waals surface area contributed by atoms with Crippen LogP contribution in [0.25, 0.3) is 0 Å². The van der Waals surface area contributed by atoms with Crippen LogP contribution in [0.2, 0.25) is 0 Å². The van der Waals surface area contributed by atoms with Gasteiger partial charge in [0.2, 0.25) is 11.8 Å². The first kappa shape index (κ1) is 16.5. The van der Waals surface area contributed by atoms with Crippen molar-refractivity contribution >= 4 is 11.8 Å². The van der Waals surface area contributed by atoms with Crippen molar-refractivity contribution in [3.05, 3.63) is 35.4 Å². The van der Waals surface area contributed by atoms with Crippen molar-refractivity contribution in [3.8, 4) is 0 Å². The molecule has 120 valence electrons. The van der Waals surface area contributed by atoms with Crippen LogP contribution in [-0.2, 0) is 22.6 Å². The Balaban J connectivity index is 1.76. The molecule has 1 atom stereocenters. The Hall–Kier alpha value is -1.88. The maximum atomic E-state index is 12.2. The van der Waals surface area contributed by atoms with Crippen molar-refractivity contribution in [2.24, 2.45) is 0 Å². The molecule has 0 spiro atoms. The molecule has 1 aliphatic heterocycles. The third-order valence-electron chi connectivity index (χ3n) is 3.56. The first-order valence-corrected chi connectivity index (χ1v) is 7.74. The number of hydrogen-bond acceptors (Lipinski definition) is 3. The maximum absolute atomic E-state index is 12.2. The summed E-state index contributed by atoms with van der Waals surface area (Å²) in [6.45, 7) is 6.88. The summed E-state index contributed by atoms with van der Waals surface area (Å²) < 4.78 is 0. The highest BCUT2D eigenvalue weighted by molar-refractivity contribution is 5.83. The van der Waals surface area contributed by atoms with E-state index in [-0.39, 0.29) is 23.4 Å². The van der Waals surface area contributed by atoms with Crippen molar-refractivity contribution in [1.29, 1.82) is 0 Å². The number of rotatable bonds is 4. The molecule has 0 saturated carbocycles. The molecule has 2 rings (SSSR count). The Morgan fingerprint density at radius 2 is 1.91 bits per heavy atom. The minimum absolute atomic E-state index is 0.0435. The van der Waals surface area contributed by atoms with Gasteiger partial charge in [0.15, 0.2) is 0 Å². The third kappa shape index (κ3) is 4.84. The van der Waals surface area contributed by atoms with Gasteiger partial charge < -0.3 is 16.0 Å². The molecule has 1 aromatic carbocycles. The minimum atomic E-state index is -0.240. The summed E-state index contributed by atoms with van der Waals surface area (Å²) in [6.07, 6.45) is 0.989. The summed E-state index contributed by atoms with van der Waals surface area (Å²) >= 11 is 0. The second-order valence-electron chi connectivity index (χ2n) is 6.75. The number of amides is 2. The van der Waals surface area contributed by atoms with Crippen molar-refractivity contribution in [2.75, 3.05) is 6.54 Å². The van der Waals surface area contributed by atoms with Gasteiger partial charge >= 0.3 is 0 Å². The third-order valence-corrected chi connectivity index (χ3v) is 3.56. The molecular formula is C17H25N3O2. The average molecular weight is 303 g/mol. The monoisotopic (exact) mass is 303 g/mol. The number of benzene rings is 1. The first-order valence-electron chi connectivity index (χ1n) is 7.74. The van der Waals surface area contributed by atoms with E-state index in [2.05, 4.69) is 28.1 Å². The number of carbonyl (C=O) groups excluding carboxylic acids is 2. The van der Waals surface area contributed by atoms with Crippen LogP contribution in [0.15, 0.2) is 24.3 Å². The fourth-order valence-corrected chi connectivity index (χ4v) is 2.54. The molecule has 0 saturated heterocycles. The predicted octanol–water partition coefficient (Wildman–Crippen LogP) is 1.12. The lowest BCUT2D eigenvalue weighted by atomic mass is 9.95. The summed E-state index contributed by atoms with van der Waals surface area (Å²) in [6, 6.07) is 7.92. The molecule has 0 aliphatic carbocycles. The summed E-state index contributed by atoms with van der Waals surface area (Å²) in [4.78, 5) is 23.9. The van der Waals surface area contributed by atoms with Crippen LogP contribution in [0.3, 0.4) is 0 Å². The quantitative estimate of drug-likeness (QED) is 0.781. The second-order valence-corrected chi connectivity index (χ2v) is 6.75. The Labute approximate surface area is 131 Å². The molecule has 0 radical (unpaired) electrons. The second kappa shape index (κ2) is 6.92. The van der Waals surface area contributed by atoms with Crippen molar-refractivity contribution < 1.29 is 9.59 Å². The zero-order chi connectivity index (χ0) is 16.2. The first-order chi connectivity index (χ1) is 10.3. The minimum Gasteiger partial charge on any atom is -0.354 e. The molecule has 3 N–H and O–H groups in total. The fraction of sp³-hybridized carbons (Fsp3) is 0.529. The summed E-state index contributed by atoms with van der Waals surface area (Å²) in [5.41, 5.74) is 2.22. The van der Waals surface area contributed by atoms with Gasteiger partial charge in [-0.3, -0.25) is 9.59 Å². The molecule has 0 bridgehead atoms. The highest BCUT2D eigenvalue weighted by Gasteiger charge is 2.23. The molecule has 1 aromatic rings. The van der Waals surface area contributed by atoms with Gasteiger partial charge in [-0.2, -0.15) is 0 Å². The van der Waals surface area contributed by atoms with Crippen LogP contribution < -0.4 is 16.0 Å². The van der Waals surface area contributed by atoms with Crippen LogP contribution in [0.4, 0.5) is 0 Å². The predicted molar refractivity (Wildman–Crippen MR) is 86.3 cm³/mol. The van der Waals surface area contributed by atoms with E-state index in [9.17, 15) is 9.59 Å². The Morgan fingerprint density at radius 3 is 2.59 bits per heavy atom. The number of carbonyl (C=O) groups is 2. The Bertz CT molecular complexity index is 549. The largest absolute Gasteiger partial charge is 0.354 e. The van der Waals surface area contributed by atoms with Gasteiger partial charge in [-0.25, -0.2) is 0 Å². The lowest BCUT2D eigenvalue weighted by Gasteiger charge is -2.25. The fourth-order valence-electron chi connectivity index (χ4n) is 2.54. The molecule has 0 fully saturated rings. The van der Waals surface area contributed by atoms with Crippen molar-refractivity contribution in [2.45, 2.75) is 51.7 Å². The van der Waals surface area contributed by atoms with Crippen molar-refractivity contribution in [1.82, 2.24) is 16.0 Å². The molecule has 2 amide bonds. The molecule has 5 heteroatoms. The SMILES string of the molecule is CC(C)(C)NC(=O)CCNC(=O)C1Cc2ccccc2CN1. The van der Waals surface area contributed by atoms with Crippen LogP contribution in [0, 0.1) is 0 Å². The number of fused-ring (bicyclic) bond motifs is 1. The molecule has 5 nitrogen and oxygen atoms in total. The van der Waals surface area contributed by atoms with Crippen LogP contribution >= 0.6 is 0 Å². The zero-order valence-corrected chi connectivity index (χ0v) is 13.5. The van der Waals surface area contributed by atoms with E-state index in [0.29, 0.717) is 25.9 Å². The Morgan fingerprint density at radius 1 is 1.23 bits per heavy atom. The van der Waals surface area contributed by atoms with Gasteiger partial charge in [0, 0.05) is 25.0 Å². The van der Waals surface area contributed by atoms with E-state index in [1.807, 2.05) is 32.9 Å². The molecule has 22 heavy (non-hydrogen) atoms. The summed E-state index contributed by atoms with van der Waals surface area (Å²) in [7, 11) is 0. The van der Waals surface area contributed by atoms with Gasteiger partial charge in [0.25, 0.3) is 0 Å². The van der Waals surface area contributed by atoms with Gasteiger partial charge in [-0.05, 0) is 38.3 Å². The molecule has 0 aromatic heterocycles. The van der Waals surface area contributed by atoms with E-state index in [1.165, 1.54) is 11.1 Å². The summed E-state index contributed by atoms with van der Waals surface area (Å²) in [5, 5.41) is 8.96. The van der Waals surface area contributed by atoms with E-state index in [4.69, 9.17) is 0 Å². The van der Waals surface area contributed by atoms with Gasteiger partial charge in [0.1, 0.15) is 0 Å². The van der Waals surface area contributed by atoms with Crippen LogP contribution in [-0.4, -0.2) is 29.9 Å². The molecule has 1 heterocycles. The molecule has 1 aliphatic rings. The highest BCUT2D eigenvalue weighted by atomic mass is 16.2. The van der Waals surface area contributed by atoms with E-state index in [1.54, 1.807) is 0 Å². The average Bonchev–Trinajstić information content (AvgIpc) is 2.44. The molecular weight excluding hydrogens is 278 g/mol. The highest BCUT2D eigenvalue weighted by Crippen LogP contribution is 2.16. The van der Waals surface area contributed by atoms with Gasteiger partial charge in [-0.15, -0.1) is 0 Å². The lowest BCUT2D eigenvalue weighted by molar-refractivity contribution is -0.124. The summed E-state index contributed by atoms with van der Waals surface area (Å²) in [5.74, 6) is -0.0900. The Kier molecular flexibility index (Phi) is 5.19. The lowest BCUT2D eigenvalue weighted by Crippen LogP contribution is -2.48. The van der Waals surface area contributed by atoms with Crippen LogP contribution in [0.1, 0.15) is 38.3 Å².